The number of nitrogens with zero attached hydrogens (tertiary/aromatic N) is 4. The van der Waals surface area contributed by atoms with Crippen molar-refractivity contribution in [3.63, 3.8) is 0 Å². The van der Waals surface area contributed by atoms with E-state index in [-0.39, 0.29) is 11.5 Å². The molecule has 1 saturated heterocycles. The summed E-state index contributed by atoms with van der Waals surface area (Å²) in [5.74, 6) is 0.454. The molecular formula is C35H53N5O2. The van der Waals surface area contributed by atoms with Gasteiger partial charge in [0.15, 0.2) is 0 Å². The average molecular weight is 576 g/mol. The van der Waals surface area contributed by atoms with Crippen LogP contribution in [0.2, 0.25) is 0 Å². The normalized spacial score (nSPS) is 16.3. The third-order valence-electron chi connectivity index (χ3n) is 7.19. The topological polar surface area (TPSA) is 69.9 Å². The Morgan fingerprint density at radius 3 is 2.31 bits per heavy atom. The zero-order valence-corrected chi connectivity index (χ0v) is 27.6. The summed E-state index contributed by atoms with van der Waals surface area (Å²) in [4.78, 5) is 33.2. The van der Waals surface area contributed by atoms with Crippen molar-refractivity contribution >= 4 is 23.5 Å². The van der Waals surface area contributed by atoms with Crippen LogP contribution in [-0.2, 0) is 4.79 Å². The molecule has 0 spiro atoms. The number of carbonyl (C=O) groups excluding carboxylic acids is 1. The van der Waals surface area contributed by atoms with Crippen LogP contribution >= 0.6 is 0 Å². The SMILES string of the molecule is C=C(/C(C)=C\C(=C/C)C(=O)N(C)C)C1CCN(C/C(C)=C/C=C(C)/N=C/C=C(\C)n2ccc(NC)cc2=O)CC1.CC. The summed E-state index contributed by atoms with van der Waals surface area (Å²) >= 11 is 0. The fourth-order valence-corrected chi connectivity index (χ4v) is 4.59. The van der Waals surface area contributed by atoms with Gasteiger partial charge in [0.2, 0.25) is 0 Å². The second kappa shape index (κ2) is 18.7. The van der Waals surface area contributed by atoms with Gasteiger partial charge >= 0.3 is 0 Å². The Hall–Kier alpha value is -3.71. The monoisotopic (exact) mass is 575 g/mol. The van der Waals surface area contributed by atoms with Crippen LogP contribution in [0.4, 0.5) is 5.69 Å². The van der Waals surface area contributed by atoms with Crippen molar-refractivity contribution in [1.29, 1.82) is 0 Å². The molecular weight excluding hydrogens is 522 g/mol. The zero-order valence-electron chi connectivity index (χ0n) is 27.6. The maximum Gasteiger partial charge on any atom is 0.256 e. The number of nitrogens with one attached hydrogen (secondary N) is 1. The molecule has 1 fully saturated rings. The van der Waals surface area contributed by atoms with Gasteiger partial charge in [-0.05, 0) is 102 Å². The van der Waals surface area contributed by atoms with E-state index in [0.29, 0.717) is 11.5 Å². The van der Waals surface area contributed by atoms with Crippen LogP contribution in [0.3, 0.4) is 0 Å². The minimum Gasteiger partial charge on any atom is -0.388 e. The summed E-state index contributed by atoms with van der Waals surface area (Å²) in [6.07, 6.45) is 15.4. The van der Waals surface area contributed by atoms with Crippen molar-refractivity contribution in [2.24, 2.45) is 10.9 Å². The van der Waals surface area contributed by atoms with E-state index in [2.05, 4.69) is 41.7 Å². The lowest BCUT2D eigenvalue weighted by Crippen LogP contribution is -2.35. The first-order valence-corrected chi connectivity index (χ1v) is 14.9. The molecule has 1 aliphatic rings. The number of hydrogen-bond acceptors (Lipinski definition) is 5. The summed E-state index contributed by atoms with van der Waals surface area (Å²) in [7, 11) is 5.34. The fourth-order valence-electron chi connectivity index (χ4n) is 4.59. The number of aliphatic imine (C=N–C) groups is 1. The number of allylic oxidation sites excluding steroid dienone is 8. The van der Waals surface area contributed by atoms with Gasteiger partial charge in [-0.3, -0.25) is 24.0 Å². The van der Waals surface area contributed by atoms with Crippen LogP contribution in [0.1, 0.15) is 61.3 Å². The van der Waals surface area contributed by atoms with Crippen LogP contribution in [-0.4, -0.2) is 67.3 Å². The van der Waals surface area contributed by atoms with Crippen LogP contribution in [0.15, 0.2) is 93.1 Å². The van der Waals surface area contributed by atoms with E-state index in [9.17, 15) is 9.59 Å². The number of anilines is 1. The molecule has 0 bridgehead atoms. The highest BCUT2D eigenvalue weighted by Gasteiger charge is 2.22. The molecule has 0 atom stereocenters. The Labute approximate surface area is 254 Å². The molecule has 1 aliphatic heterocycles. The summed E-state index contributed by atoms with van der Waals surface area (Å²) in [6.45, 7) is 21.3. The minimum atomic E-state index is -0.0842. The summed E-state index contributed by atoms with van der Waals surface area (Å²) in [5.41, 5.74) is 6.61. The third-order valence-corrected chi connectivity index (χ3v) is 7.19. The van der Waals surface area contributed by atoms with E-state index in [4.69, 9.17) is 0 Å². The Balaban J connectivity index is 0.00000431. The minimum absolute atomic E-state index is 0.0146. The van der Waals surface area contributed by atoms with Gasteiger partial charge in [0.25, 0.3) is 11.5 Å². The Bertz CT molecular complexity index is 1300. The number of likely N-dealkylation sites (tertiary alicyclic amines) is 1. The Kier molecular flexibility index (Phi) is 16.1. The molecule has 0 aliphatic carbocycles. The lowest BCUT2D eigenvalue weighted by atomic mass is 9.85. The number of rotatable bonds is 11. The van der Waals surface area contributed by atoms with Crippen molar-refractivity contribution in [3.05, 3.63) is 93.6 Å². The maximum absolute atomic E-state index is 12.4. The van der Waals surface area contributed by atoms with Gasteiger partial charge < -0.3 is 10.2 Å². The number of carbonyl (C=O) groups is 1. The first kappa shape index (κ1) is 36.3. The van der Waals surface area contributed by atoms with Crippen molar-refractivity contribution in [2.45, 2.75) is 61.3 Å². The highest BCUT2D eigenvalue weighted by molar-refractivity contribution is 5.96. The van der Waals surface area contributed by atoms with Gasteiger partial charge in [-0.2, -0.15) is 0 Å². The first-order chi connectivity index (χ1) is 20.0. The molecule has 0 saturated carbocycles. The molecule has 0 radical (unpaired) electrons. The number of aromatic nitrogens is 1. The lowest BCUT2D eigenvalue weighted by molar-refractivity contribution is -0.124. The second-order valence-electron chi connectivity index (χ2n) is 10.6. The molecule has 0 aromatic carbocycles. The van der Waals surface area contributed by atoms with Gasteiger partial charge in [-0.25, -0.2) is 0 Å². The van der Waals surface area contributed by atoms with E-state index in [1.807, 2.05) is 65.0 Å². The highest BCUT2D eigenvalue weighted by atomic mass is 16.2. The Morgan fingerprint density at radius 1 is 1.12 bits per heavy atom. The third kappa shape index (κ3) is 11.6. The molecule has 1 aromatic rings. The molecule has 230 valence electrons. The first-order valence-electron chi connectivity index (χ1n) is 14.9. The number of hydrogen-bond donors (Lipinski definition) is 1. The van der Waals surface area contributed by atoms with E-state index >= 15 is 0 Å². The smallest absolute Gasteiger partial charge is 0.256 e. The van der Waals surface area contributed by atoms with Crippen LogP contribution < -0.4 is 10.9 Å². The van der Waals surface area contributed by atoms with Crippen LogP contribution in [0.25, 0.3) is 5.70 Å². The zero-order chi connectivity index (χ0) is 31.8. The van der Waals surface area contributed by atoms with Crippen LogP contribution in [0, 0.1) is 5.92 Å². The molecule has 1 N–H and O–H groups in total. The number of amides is 1. The molecule has 1 aromatic heterocycles. The number of pyridine rings is 1. The second-order valence-corrected chi connectivity index (χ2v) is 10.6. The van der Waals surface area contributed by atoms with E-state index in [1.165, 1.54) is 5.57 Å². The van der Waals surface area contributed by atoms with E-state index in [1.54, 1.807) is 49.1 Å². The predicted molar refractivity (Wildman–Crippen MR) is 182 cm³/mol. The molecule has 42 heavy (non-hydrogen) atoms. The van der Waals surface area contributed by atoms with E-state index in [0.717, 1.165) is 60.7 Å². The van der Waals surface area contributed by atoms with Gasteiger partial charge in [-0.15, -0.1) is 0 Å². The summed E-state index contributed by atoms with van der Waals surface area (Å²) < 4.78 is 1.59. The molecule has 2 rings (SSSR count). The van der Waals surface area contributed by atoms with Crippen molar-refractivity contribution in [3.8, 4) is 0 Å². The van der Waals surface area contributed by atoms with Crippen molar-refractivity contribution in [1.82, 2.24) is 14.4 Å². The van der Waals surface area contributed by atoms with Gasteiger partial charge in [-0.1, -0.05) is 38.2 Å². The van der Waals surface area contributed by atoms with Crippen molar-refractivity contribution < 1.29 is 4.79 Å². The molecule has 2 heterocycles. The lowest BCUT2D eigenvalue weighted by Gasteiger charge is -2.33. The number of piperidine rings is 1. The Morgan fingerprint density at radius 2 is 1.76 bits per heavy atom. The van der Waals surface area contributed by atoms with Crippen LogP contribution in [0.5, 0.6) is 0 Å². The molecule has 1 amide bonds. The van der Waals surface area contributed by atoms with Crippen molar-refractivity contribution in [2.75, 3.05) is 46.1 Å². The van der Waals surface area contributed by atoms with Gasteiger partial charge in [0, 0.05) is 68.8 Å². The highest BCUT2D eigenvalue weighted by Crippen LogP contribution is 2.29. The number of likely N-dealkylation sites (N-methyl/N-ethyl adjacent to an activating group) is 1. The largest absolute Gasteiger partial charge is 0.388 e. The summed E-state index contributed by atoms with van der Waals surface area (Å²) in [5, 5.41) is 2.97. The summed E-state index contributed by atoms with van der Waals surface area (Å²) in [6, 6.07) is 3.43. The van der Waals surface area contributed by atoms with E-state index < -0.39 is 0 Å². The maximum atomic E-state index is 12.4. The fraction of sp³-hybridized carbons (Fsp3) is 0.457. The molecule has 7 heteroatoms. The molecule has 7 nitrogen and oxygen atoms in total. The average Bonchev–Trinajstić information content (AvgIpc) is 2.99. The standard InChI is InChI=1S/C33H47N5O2.C2H6/c1-10-29(33(40)36(8)9)21-25(3)28(6)30-14-18-37(19-15-30)23-24(2)11-12-26(4)35-17-13-27(5)38-20-16-31(34-7)22-32(38)39;1-2/h10-13,16-17,20-22,30,34H,6,14-15,18-19,23H2,1-5,7-9H3;1-2H3/b24-11+,25-21-,26-12+,27-13+,29-10+,35-17+;. The molecule has 0 unspecified atom stereocenters. The predicted octanol–water partition coefficient (Wildman–Crippen LogP) is 6.95. The van der Waals surface area contributed by atoms with Gasteiger partial charge in [0.05, 0.1) is 0 Å². The van der Waals surface area contributed by atoms with Gasteiger partial charge in [0.1, 0.15) is 0 Å². The quantitative estimate of drug-likeness (QED) is 0.176.